The molecule has 0 aromatic heterocycles. The minimum absolute atomic E-state index is 0.387. The van der Waals surface area contributed by atoms with E-state index in [0.717, 1.165) is 25.9 Å². The molecule has 9 nitrogen and oxygen atoms in total. The van der Waals surface area contributed by atoms with E-state index in [1.165, 1.54) is 0 Å². The third kappa shape index (κ3) is 21.6. The fourth-order valence-electron chi connectivity index (χ4n) is 1.66. The molecule has 0 radical (unpaired) electrons. The predicted molar refractivity (Wildman–Crippen MR) is 88.2 cm³/mol. The monoisotopic (exact) mass is 354 g/mol. The summed E-state index contributed by atoms with van der Waals surface area (Å²) < 4.78 is 26.7. The molecular formula is C15H34N2O7. The Balaban J connectivity index is 2.93. The Hall–Kier alpha value is -0.360. The maximum Gasteiger partial charge on any atom is 0.0913 e. The molecule has 0 aliphatic carbocycles. The van der Waals surface area contributed by atoms with Crippen LogP contribution in [0.3, 0.4) is 0 Å². The van der Waals surface area contributed by atoms with Gasteiger partial charge in [-0.15, -0.1) is 0 Å². The largest absolute Gasteiger partial charge is 0.379 e. The number of unbranched alkanes of at least 4 members (excludes halogenated alkanes) is 2. The van der Waals surface area contributed by atoms with E-state index < -0.39 is 0 Å². The van der Waals surface area contributed by atoms with E-state index in [2.05, 4.69) is 9.68 Å². The topological polar surface area (TPSA) is 117 Å². The molecule has 0 saturated carbocycles. The molecule has 0 aliphatic rings. The van der Waals surface area contributed by atoms with Crippen molar-refractivity contribution in [2.24, 2.45) is 11.8 Å². The maximum atomic E-state index is 5.44. The molecule has 0 aromatic carbocycles. The van der Waals surface area contributed by atoms with Crippen molar-refractivity contribution in [1.82, 2.24) is 0 Å². The summed E-state index contributed by atoms with van der Waals surface area (Å²) in [7, 11) is 0. The van der Waals surface area contributed by atoms with E-state index >= 15 is 0 Å². The Bertz CT molecular complexity index is 204. The van der Waals surface area contributed by atoms with Gasteiger partial charge < -0.3 is 33.4 Å². The number of ether oxygens (including phenoxy) is 5. The average molecular weight is 354 g/mol. The SMILES string of the molecule is NOCCCCCOCCOCCOCCOCCOCCON. The highest BCUT2D eigenvalue weighted by atomic mass is 16.6. The second kappa shape index (κ2) is 22.6. The Kier molecular flexibility index (Phi) is 22.3. The maximum absolute atomic E-state index is 5.44. The number of hydrogen-bond acceptors (Lipinski definition) is 9. The van der Waals surface area contributed by atoms with Crippen molar-refractivity contribution >= 4 is 0 Å². The van der Waals surface area contributed by atoms with E-state index in [1.54, 1.807) is 0 Å². The zero-order valence-electron chi connectivity index (χ0n) is 14.6. The molecule has 146 valence electrons. The summed E-state index contributed by atoms with van der Waals surface area (Å²) in [4.78, 5) is 8.85. The molecule has 4 N–H and O–H groups in total. The summed E-state index contributed by atoms with van der Waals surface area (Å²) in [5, 5.41) is 0. The van der Waals surface area contributed by atoms with E-state index in [1.807, 2.05) is 0 Å². The van der Waals surface area contributed by atoms with Crippen molar-refractivity contribution in [3.8, 4) is 0 Å². The molecule has 0 heterocycles. The Labute approximate surface area is 144 Å². The molecule has 0 spiro atoms. The molecule has 0 fully saturated rings. The quantitative estimate of drug-likeness (QED) is 0.217. The minimum Gasteiger partial charge on any atom is -0.379 e. The van der Waals surface area contributed by atoms with Gasteiger partial charge in [-0.1, -0.05) is 0 Å². The van der Waals surface area contributed by atoms with Gasteiger partial charge in [0.1, 0.15) is 0 Å². The van der Waals surface area contributed by atoms with Crippen molar-refractivity contribution in [2.45, 2.75) is 19.3 Å². The number of hydrogen-bond donors (Lipinski definition) is 2. The summed E-state index contributed by atoms with van der Waals surface area (Å²) in [5.41, 5.74) is 0. The fraction of sp³-hybridized carbons (Fsp3) is 1.00. The molecular weight excluding hydrogens is 320 g/mol. The third-order valence-corrected chi connectivity index (χ3v) is 2.88. The van der Waals surface area contributed by atoms with Crippen LogP contribution in [0, 0.1) is 0 Å². The van der Waals surface area contributed by atoms with Crippen LogP contribution in [0.2, 0.25) is 0 Å². The molecule has 0 aliphatic heterocycles. The lowest BCUT2D eigenvalue weighted by molar-refractivity contribution is -0.0170. The molecule has 0 saturated heterocycles. The highest BCUT2D eigenvalue weighted by Gasteiger charge is 1.94. The van der Waals surface area contributed by atoms with Gasteiger partial charge in [-0.2, -0.15) is 0 Å². The van der Waals surface area contributed by atoms with Gasteiger partial charge in [0, 0.05) is 6.61 Å². The van der Waals surface area contributed by atoms with Crippen LogP contribution in [0.15, 0.2) is 0 Å². The lowest BCUT2D eigenvalue weighted by Gasteiger charge is -2.08. The summed E-state index contributed by atoms with van der Waals surface area (Å²) in [6.45, 7) is 6.62. The summed E-state index contributed by atoms with van der Waals surface area (Å²) in [6.07, 6.45) is 3.04. The van der Waals surface area contributed by atoms with Crippen LogP contribution < -0.4 is 11.8 Å². The molecule has 0 aromatic rings. The first-order chi connectivity index (χ1) is 11.9. The van der Waals surface area contributed by atoms with E-state index in [0.29, 0.717) is 72.7 Å². The van der Waals surface area contributed by atoms with E-state index in [-0.39, 0.29) is 0 Å². The Morgan fingerprint density at radius 1 is 0.333 bits per heavy atom. The zero-order chi connectivity index (χ0) is 17.6. The van der Waals surface area contributed by atoms with Crippen molar-refractivity contribution < 1.29 is 33.4 Å². The molecule has 0 rings (SSSR count). The second-order valence-electron chi connectivity index (χ2n) is 4.86. The van der Waals surface area contributed by atoms with Gasteiger partial charge >= 0.3 is 0 Å². The minimum atomic E-state index is 0.387. The Morgan fingerprint density at radius 3 is 1.08 bits per heavy atom. The van der Waals surface area contributed by atoms with Crippen LogP contribution in [-0.2, 0) is 33.4 Å². The van der Waals surface area contributed by atoms with Gasteiger partial charge in [0.25, 0.3) is 0 Å². The fourth-order valence-corrected chi connectivity index (χ4v) is 1.66. The van der Waals surface area contributed by atoms with Crippen molar-refractivity contribution in [3.05, 3.63) is 0 Å². The van der Waals surface area contributed by atoms with E-state index in [9.17, 15) is 0 Å². The van der Waals surface area contributed by atoms with Gasteiger partial charge in [0.2, 0.25) is 0 Å². The average Bonchev–Trinajstić information content (AvgIpc) is 2.60. The van der Waals surface area contributed by atoms with Crippen LogP contribution in [0.1, 0.15) is 19.3 Å². The number of nitrogens with two attached hydrogens (primary N) is 2. The summed E-state index contributed by atoms with van der Waals surface area (Å²) in [6, 6.07) is 0. The molecule has 24 heavy (non-hydrogen) atoms. The first-order valence-corrected chi connectivity index (χ1v) is 8.44. The van der Waals surface area contributed by atoms with Crippen molar-refractivity contribution in [2.75, 3.05) is 79.3 Å². The molecule has 0 amide bonds. The van der Waals surface area contributed by atoms with Crippen LogP contribution in [0.5, 0.6) is 0 Å². The van der Waals surface area contributed by atoms with Crippen LogP contribution in [0.4, 0.5) is 0 Å². The van der Waals surface area contributed by atoms with Crippen molar-refractivity contribution in [1.29, 1.82) is 0 Å². The highest BCUT2D eigenvalue weighted by molar-refractivity contribution is 4.40. The molecule has 0 atom stereocenters. The lowest BCUT2D eigenvalue weighted by Crippen LogP contribution is -2.14. The normalized spacial score (nSPS) is 11.2. The summed E-state index contributed by atoms with van der Waals surface area (Å²) >= 11 is 0. The molecule has 0 bridgehead atoms. The van der Waals surface area contributed by atoms with Gasteiger partial charge in [-0.05, 0) is 19.3 Å². The first-order valence-electron chi connectivity index (χ1n) is 8.44. The molecule has 9 heteroatoms. The lowest BCUT2D eigenvalue weighted by atomic mass is 10.2. The van der Waals surface area contributed by atoms with Gasteiger partial charge in [-0.3, -0.25) is 0 Å². The predicted octanol–water partition coefficient (Wildman–Crippen LogP) is 0.0203. The van der Waals surface area contributed by atoms with Crippen LogP contribution in [-0.4, -0.2) is 79.3 Å². The van der Waals surface area contributed by atoms with Crippen LogP contribution in [0.25, 0.3) is 0 Å². The van der Waals surface area contributed by atoms with Gasteiger partial charge in [0.15, 0.2) is 0 Å². The van der Waals surface area contributed by atoms with Crippen molar-refractivity contribution in [3.63, 3.8) is 0 Å². The van der Waals surface area contributed by atoms with Crippen LogP contribution >= 0.6 is 0 Å². The zero-order valence-corrected chi connectivity index (χ0v) is 14.6. The Morgan fingerprint density at radius 2 is 0.667 bits per heavy atom. The standard InChI is InChI=1S/C15H34N2O7/c16-23-5-3-1-2-4-18-6-7-19-8-9-20-10-11-21-12-13-22-14-15-24-17/h1-17H2. The first kappa shape index (κ1) is 23.6. The van der Waals surface area contributed by atoms with Gasteiger partial charge in [0.05, 0.1) is 72.7 Å². The molecule has 0 unspecified atom stereocenters. The highest BCUT2D eigenvalue weighted by Crippen LogP contribution is 1.95. The summed E-state index contributed by atoms with van der Waals surface area (Å²) in [5.74, 6) is 9.79. The third-order valence-electron chi connectivity index (χ3n) is 2.88. The second-order valence-corrected chi connectivity index (χ2v) is 4.86. The van der Waals surface area contributed by atoms with E-state index in [4.69, 9.17) is 35.5 Å². The van der Waals surface area contributed by atoms with Gasteiger partial charge in [-0.25, -0.2) is 11.8 Å². The number of rotatable bonds is 21. The smallest absolute Gasteiger partial charge is 0.0913 e.